The number of fused-ring (bicyclic) bond motifs is 1. The fourth-order valence-electron chi connectivity index (χ4n) is 3.22. The van der Waals surface area contributed by atoms with Crippen LogP contribution in [-0.2, 0) is 11.3 Å². The highest BCUT2D eigenvalue weighted by Gasteiger charge is 2.40. The molecule has 0 aliphatic carbocycles. The SMILES string of the molecule is COc1ccc(NCc2ccc3c(c2)C(=O)C(=O)N3C(=O)c2ccccc2)cc1. The van der Waals surface area contributed by atoms with E-state index in [1.807, 2.05) is 24.3 Å². The van der Waals surface area contributed by atoms with E-state index >= 15 is 0 Å². The summed E-state index contributed by atoms with van der Waals surface area (Å²) in [6.07, 6.45) is 0. The van der Waals surface area contributed by atoms with Gasteiger partial charge in [0.15, 0.2) is 0 Å². The van der Waals surface area contributed by atoms with Crippen molar-refractivity contribution in [2.45, 2.75) is 6.54 Å². The minimum absolute atomic E-state index is 0.244. The van der Waals surface area contributed by atoms with Crippen molar-refractivity contribution >= 4 is 29.0 Å². The highest BCUT2D eigenvalue weighted by atomic mass is 16.5. The lowest BCUT2D eigenvalue weighted by Crippen LogP contribution is -2.35. The van der Waals surface area contributed by atoms with Gasteiger partial charge < -0.3 is 10.1 Å². The lowest BCUT2D eigenvalue weighted by atomic mass is 10.1. The summed E-state index contributed by atoms with van der Waals surface area (Å²) in [6, 6.07) is 21.0. The number of hydrogen-bond acceptors (Lipinski definition) is 5. The van der Waals surface area contributed by atoms with Crippen LogP contribution in [0.15, 0.2) is 72.8 Å². The Kier molecular flexibility index (Phi) is 4.83. The van der Waals surface area contributed by atoms with Crippen molar-refractivity contribution in [2.75, 3.05) is 17.3 Å². The number of amides is 2. The monoisotopic (exact) mass is 386 g/mol. The number of nitrogens with one attached hydrogen (secondary N) is 1. The first kappa shape index (κ1) is 18.4. The van der Waals surface area contributed by atoms with Gasteiger partial charge in [-0.15, -0.1) is 0 Å². The molecule has 1 aliphatic heterocycles. The van der Waals surface area contributed by atoms with Gasteiger partial charge in [-0.05, 0) is 54.1 Å². The van der Waals surface area contributed by atoms with Crippen LogP contribution in [0.25, 0.3) is 0 Å². The van der Waals surface area contributed by atoms with Crippen molar-refractivity contribution in [1.29, 1.82) is 0 Å². The summed E-state index contributed by atoms with van der Waals surface area (Å²) in [7, 11) is 1.61. The van der Waals surface area contributed by atoms with Crippen molar-refractivity contribution in [3.05, 3.63) is 89.5 Å². The molecule has 0 radical (unpaired) electrons. The van der Waals surface area contributed by atoms with Gasteiger partial charge in [-0.25, -0.2) is 4.90 Å². The van der Waals surface area contributed by atoms with Crippen LogP contribution in [-0.4, -0.2) is 24.7 Å². The zero-order valence-electron chi connectivity index (χ0n) is 15.7. The molecule has 1 aliphatic rings. The Labute approximate surface area is 167 Å². The quantitative estimate of drug-likeness (QED) is 0.535. The van der Waals surface area contributed by atoms with Gasteiger partial charge in [-0.3, -0.25) is 14.4 Å². The van der Waals surface area contributed by atoms with E-state index < -0.39 is 17.6 Å². The van der Waals surface area contributed by atoms with Crippen LogP contribution in [0.4, 0.5) is 11.4 Å². The number of rotatable bonds is 5. The van der Waals surface area contributed by atoms with Crippen LogP contribution in [0.3, 0.4) is 0 Å². The van der Waals surface area contributed by atoms with Gasteiger partial charge in [-0.1, -0.05) is 24.3 Å². The maximum Gasteiger partial charge on any atom is 0.306 e. The second-order valence-electron chi connectivity index (χ2n) is 6.57. The fraction of sp³-hybridized carbons (Fsp3) is 0.0870. The van der Waals surface area contributed by atoms with Crippen LogP contribution in [0.1, 0.15) is 26.3 Å². The maximum absolute atomic E-state index is 12.7. The first-order valence-corrected chi connectivity index (χ1v) is 9.07. The van der Waals surface area contributed by atoms with E-state index in [0.717, 1.165) is 21.9 Å². The van der Waals surface area contributed by atoms with Crippen LogP contribution in [0.5, 0.6) is 5.75 Å². The number of carbonyl (C=O) groups is 3. The zero-order valence-corrected chi connectivity index (χ0v) is 15.7. The van der Waals surface area contributed by atoms with Gasteiger partial charge in [0.05, 0.1) is 18.4 Å². The molecule has 0 spiro atoms. The van der Waals surface area contributed by atoms with E-state index in [1.54, 1.807) is 55.6 Å². The van der Waals surface area contributed by atoms with Gasteiger partial charge >= 0.3 is 5.91 Å². The van der Waals surface area contributed by atoms with E-state index in [1.165, 1.54) is 0 Å². The molecule has 0 fully saturated rings. The number of ketones is 1. The van der Waals surface area contributed by atoms with E-state index in [-0.39, 0.29) is 5.56 Å². The van der Waals surface area contributed by atoms with E-state index in [2.05, 4.69) is 5.32 Å². The van der Waals surface area contributed by atoms with Crippen molar-refractivity contribution in [3.63, 3.8) is 0 Å². The predicted octanol–water partition coefficient (Wildman–Crippen LogP) is 3.68. The average Bonchev–Trinajstić information content (AvgIpc) is 3.02. The summed E-state index contributed by atoms with van der Waals surface area (Å²) in [5, 5.41) is 3.26. The normalized spacial score (nSPS) is 12.7. The number of hydrogen-bond donors (Lipinski definition) is 1. The number of carbonyl (C=O) groups excluding carboxylic acids is 3. The van der Waals surface area contributed by atoms with Gasteiger partial charge in [0, 0.05) is 17.8 Å². The maximum atomic E-state index is 12.7. The average molecular weight is 386 g/mol. The van der Waals surface area contributed by atoms with Gasteiger partial charge in [0.1, 0.15) is 5.75 Å². The number of benzene rings is 3. The van der Waals surface area contributed by atoms with Crippen molar-refractivity contribution in [1.82, 2.24) is 0 Å². The molecule has 1 heterocycles. The third-order valence-electron chi connectivity index (χ3n) is 4.75. The summed E-state index contributed by atoms with van der Waals surface area (Å²) in [5.74, 6) is -1.24. The van der Waals surface area contributed by atoms with Crippen LogP contribution in [0.2, 0.25) is 0 Å². The van der Waals surface area contributed by atoms with E-state index in [9.17, 15) is 14.4 Å². The third-order valence-corrected chi connectivity index (χ3v) is 4.75. The molecule has 0 unspecified atom stereocenters. The molecule has 0 atom stereocenters. The van der Waals surface area contributed by atoms with Crippen LogP contribution in [0, 0.1) is 0 Å². The van der Waals surface area contributed by atoms with Crippen molar-refractivity contribution in [2.24, 2.45) is 0 Å². The molecule has 6 heteroatoms. The molecule has 6 nitrogen and oxygen atoms in total. The summed E-state index contributed by atoms with van der Waals surface area (Å²) >= 11 is 0. The molecule has 3 aromatic rings. The third kappa shape index (κ3) is 3.48. The predicted molar refractivity (Wildman–Crippen MR) is 109 cm³/mol. The van der Waals surface area contributed by atoms with Crippen molar-refractivity contribution < 1.29 is 19.1 Å². The van der Waals surface area contributed by atoms with Gasteiger partial charge in [0.2, 0.25) is 0 Å². The first-order chi connectivity index (χ1) is 14.1. The lowest BCUT2D eigenvalue weighted by molar-refractivity contribution is -0.113. The zero-order chi connectivity index (χ0) is 20.4. The Morgan fingerprint density at radius 1 is 0.966 bits per heavy atom. The number of methoxy groups -OCH3 is 1. The molecular formula is C23H18N2O4. The topological polar surface area (TPSA) is 75.7 Å². The minimum atomic E-state index is -0.825. The largest absolute Gasteiger partial charge is 0.497 e. The fourth-order valence-corrected chi connectivity index (χ4v) is 3.22. The minimum Gasteiger partial charge on any atom is -0.497 e. The molecular weight excluding hydrogens is 368 g/mol. The smallest absolute Gasteiger partial charge is 0.306 e. The summed E-state index contributed by atoms with van der Waals surface area (Å²) in [4.78, 5) is 38.6. The molecule has 4 rings (SSSR count). The first-order valence-electron chi connectivity index (χ1n) is 9.07. The Balaban J connectivity index is 1.56. The molecule has 144 valence electrons. The Hall–Kier alpha value is -3.93. The number of imide groups is 1. The Bertz CT molecular complexity index is 1090. The second-order valence-corrected chi connectivity index (χ2v) is 6.57. The number of anilines is 2. The van der Waals surface area contributed by atoms with Gasteiger partial charge in [-0.2, -0.15) is 0 Å². The molecule has 0 saturated carbocycles. The van der Waals surface area contributed by atoms with E-state index in [4.69, 9.17) is 4.74 Å². The Morgan fingerprint density at radius 2 is 1.69 bits per heavy atom. The van der Waals surface area contributed by atoms with Crippen molar-refractivity contribution in [3.8, 4) is 5.75 Å². The number of nitrogens with zero attached hydrogens (tertiary/aromatic N) is 1. The molecule has 2 amide bonds. The highest BCUT2D eigenvalue weighted by Crippen LogP contribution is 2.31. The molecule has 29 heavy (non-hydrogen) atoms. The molecule has 0 aromatic heterocycles. The lowest BCUT2D eigenvalue weighted by Gasteiger charge is -2.15. The van der Waals surface area contributed by atoms with Crippen LogP contribution < -0.4 is 15.0 Å². The highest BCUT2D eigenvalue weighted by molar-refractivity contribution is 6.57. The standard InChI is InChI=1S/C23H18N2O4/c1-29-18-10-8-17(9-11-18)24-14-15-7-12-20-19(13-15)21(26)23(28)25(20)22(27)16-5-3-2-4-6-16/h2-13,24H,14H2,1H3. The second kappa shape index (κ2) is 7.59. The number of Topliss-reactive ketones (excluding diaryl/α,β-unsaturated/α-hetero) is 1. The molecule has 0 saturated heterocycles. The summed E-state index contributed by atoms with van der Waals surface area (Å²) in [6.45, 7) is 0.466. The summed E-state index contributed by atoms with van der Waals surface area (Å²) < 4.78 is 5.14. The molecule has 1 N–H and O–H groups in total. The summed E-state index contributed by atoms with van der Waals surface area (Å²) in [5.41, 5.74) is 2.64. The Morgan fingerprint density at radius 3 is 2.38 bits per heavy atom. The van der Waals surface area contributed by atoms with Gasteiger partial charge in [0.25, 0.3) is 11.7 Å². The van der Waals surface area contributed by atoms with Crippen LogP contribution >= 0.6 is 0 Å². The molecule has 3 aromatic carbocycles. The van der Waals surface area contributed by atoms with E-state index in [0.29, 0.717) is 17.8 Å². The molecule has 0 bridgehead atoms. The number of ether oxygens (including phenoxy) is 1.